The summed E-state index contributed by atoms with van der Waals surface area (Å²) < 4.78 is 27.8. The summed E-state index contributed by atoms with van der Waals surface area (Å²) in [5, 5.41) is 11.0. The number of anilines is 1. The van der Waals surface area contributed by atoms with Crippen LogP contribution in [0.4, 0.5) is 5.69 Å². The fourth-order valence-corrected chi connectivity index (χ4v) is 3.38. The van der Waals surface area contributed by atoms with E-state index in [-0.39, 0.29) is 22.4 Å². The number of rotatable bonds is 6. The summed E-state index contributed by atoms with van der Waals surface area (Å²) in [6.45, 7) is 1.85. The predicted octanol–water partition coefficient (Wildman–Crippen LogP) is -0.257. The molecule has 0 aromatic heterocycles. The van der Waals surface area contributed by atoms with E-state index in [0.29, 0.717) is 12.2 Å². The molecule has 1 heterocycles. The first-order valence-electron chi connectivity index (χ1n) is 8.19. The molecule has 0 radical (unpaired) electrons. The molecule has 1 aromatic rings. The van der Waals surface area contributed by atoms with Crippen LogP contribution >= 0.6 is 0 Å². The molecule has 0 spiro atoms. The predicted molar refractivity (Wildman–Crippen MR) is 96.3 cm³/mol. The lowest BCUT2D eigenvalue weighted by Gasteiger charge is -2.32. The SMILES string of the molecule is CNC(=O)CN1CCC(Nc2ccc(S(N)(=O)=O)cc2C(=O)OC)CC1. The minimum absolute atomic E-state index is 0.0250. The number of nitrogens with zero attached hydrogens (tertiary/aromatic N) is 1. The van der Waals surface area contributed by atoms with Crippen molar-refractivity contribution >= 4 is 27.6 Å². The first-order chi connectivity index (χ1) is 12.2. The topological polar surface area (TPSA) is 131 Å². The average molecular weight is 384 g/mol. The molecule has 1 saturated heterocycles. The first-order valence-corrected chi connectivity index (χ1v) is 9.74. The molecule has 26 heavy (non-hydrogen) atoms. The zero-order valence-corrected chi connectivity index (χ0v) is 15.6. The van der Waals surface area contributed by atoms with E-state index in [0.717, 1.165) is 25.9 Å². The third-order valence-corrected chi connectivity index (χ3v) is 5.23. The smallest absolute Gasteiger partial charge is 0.340 e. The van der Waals surface area contributed by atoms with Crippen molar-refractivity contribution in [2.24, 2.45) is 5.14 Å². The van der Waals surface area contributed by atoms with Gasteiger partial charge in [0.25, 0.3) is 0 Å². The van der Waals surface area contributed by atoms with E-state index in [1.54, 1.807) is 7.05 Å². The van der Waals surface area contributed by atoms with E-state index >= 15 is 0 Å². The molecular formula is C16H24N4O5S. The molecule has 1 aromatic carbocycles. The number of carbonyl (C=O) groups excluding carboxylic acids is 2. The lowest BCUT2D eigenvalue weighted by Crippen LogP contribution is -2.43. The number of likely N-dealkylation sites (tertiary alicyclic amines) is 1. The maximum atomic E-state index is 12.0. The second kappa shape index (κ2) is 8.47. The van der Waals surface area contributed by atoms with E-state index in [2.05, 4.69) is 15.5 Å². The van der Waals surface area contributed by atoms with E-state index < -0.39 is 16.0 Å². The van der Waals surface area contributed by atoms with E-state index in [9.17, 15) is 18.0 Å². The van der Waals surface area contributed by atoms with E-state index in [1.165, 1.54) is 25.3 Å². The summed E-state index contributed by atoms with van der Waals surface area (Å²) in [5.41, 5.74) is 0.612. The molecule has 1 aliphatic rings. The Morgan fingerprint density at radius 2 is 1.96 bits per heavy atom. The zero-order chi connectivity index (χ0) is 19.3. The number of amides is 1. The van der Waals surface area contributed by atoms with Crippen LogP contribution in [-0.4, -0.2) is 65.0 Å². The average Bonchev–Trinajstić information content (AvgIpc) is 2.62. The Balaban J connectivity index is 2.10. The molecule has 0 unspecified atom stereocenters. The van der Waals surface area contributed by atoms with Crippen molar-refractivity contribution in [3.8, 4) is 0 Å². The Kier molecular flexibility index (Phi) is 6.57. The van der Waals surface area contributed by atoms with Gasteiger partial charge in [0.1, 0.15) is 0 Å². The van der Waals surface area contributed by atoms with Gasteiger partial charge in [-0.15, -0.1) is 0 Å². The Morgan fingerprint density at radius 3 is 2.50 bits per heavy atom. The highest BCUT2D eigenvalue weighted by Gasteiger charge is 2.23. The van der Waals surface area contributed by atoms with Crippen molar-refractivity contribution < 1.29 is 22.7 Å². The van der Waals surface area contributed by atoms with Crippen LogP contribution in [0.1, 0.15) is 23.2 Å². The van der Waals surface area contributed by atoms with Crippen LogP contribution in [-0.2, 0) is 19.6 Å². The first kappa shape index (κ1) is 20.1. The van der Waals surface area contributed by atoms with Crippen molar-refractivity contribution in [3.05, 3.63) is 23.8 Å². The van der Waals surface area contributed by atoms with Crippen LogP contribution < -0.4 is 15.8 Å². The number of esters is 1. The maximum Gasteiger partial charge on any atom is 0.340 e. The van der Waals surface area contributed by atoms with Gasteiger partial charge in [0.05, 0.1) is 24.1 Å². The number of hydrogen-bond acceptors (Lipinski definition) is 7. The quantitative estimate of drug-likeness (QED) is 0.576. The van der Waals surface area contributed by atoms with Gasteiger partial charge >= 0.3 is 5.97 Å². The summed E-state index contributed by atoms with van der Waals surface area (Å²) in [6.07, 6.45) is 1.57. The number of likely N-dealkylation sites (N-methyl/N-ethyl adjacent to an activating group) is 1. The molecule has 10 heteroatoms. The highest BCUT2D eigenvalue weighted by Crippen LogP contribution is 2.24. The molecule has 144 valence electrons. The highest BCUT2D eigenvalue weighted by atomic mass is 32.2. The number of benzene rings is 1. The van der Waals surface area contributed by atoms with Crippen LogP contribution in [0.25, 0.3) is 0 Å². The van der Waals surface area contributed by atoms with E-state index in [4.69, 9.17) is 9.88 Å². The standard InChI is InChI=1S/C16H24N4O5S/c1-18-15(21)10-20-7-5-11(6-8-20)19-14-4-3-12(26(17,23)24)9-13(14)16(22)25-2/h3-4,9,11,19H,5-8,10H2,1-2H3,(H,18,21)(H2,17,23,24). The van der Waals surface area contributed by atoms with Gasteiger partial charge in [-0.1, -0.05) is 0 Å². The molecule has 4 N–H and O–H groups in total. The highest BCUT2D eigenvalue weighted by molar-refractivity contribution is 7.89. The molecule has 0 saturated carbocycles. The number of piperidine rings is 1. The van der Waals surface area contributed by atoms with Crippen molar-refractivity contribution in [1.29, 1.82) is 0 Å². The summed E-state index contributed by atoms with van der Waals surface area (Å²) in [7, 11) is -1.08. The molecule has 9 nitrogen and oxygen atoms in total. The number of hydrogen-bond donors (Lipinski definition) is 3. The summed E-state index contributed by atoms with van der Waals surface area (Å²) in [6, 6.07) is 4.18. The second-order valence-electron chi connectivity index (χ2n) is 6.11. The van der Waals surface area contributed by atoms with Gasteiger partial charge in [-0.2, -0.15) is 0 Å². The summed E-state index contributed by atoms with van der Waals surface area (Å²) in [5.74, 6) is -0.668. The largest absolute Gasteiger partial charge is 0.465 e. The molecule has 0 atom stereocenters. The van der Waals surface area contributed by atoms with Crippen LogP contribution in [0.3, 0.4) is 0 Å². The third kappa shape index (κ3) is 5.16. The van der Waals surface area contributed by atoms with Crippen molar-refractivity contribution in [2.75, 3.05) is 39.1 Å². The number of sulfonamides is 1. The minimum atomic E-state index is -3.92. The van der Waals surface area contributed by atoms with Gasteiger partial charge in [0.2, 0.25) is 15.9 Å². The van der Waals surface area contributed by atoms with Crippen molar-refractivity contribution in [3.63, 3.8) is 0 Å². The van der Waals surface area contributed by atoms with Crippen molar-refractivity contribution in [2.45, 2.75) is 23.8 Å². The molecule has 2 rings (SSSR count). The van der Waals surface area contributed by atoms with Gasteiger partial charge in [0, 0.05) is 31.9 Å². The molecule has 1 amide bonds. The molecule has 1 fully saturated rings. The van der Waals surface area contributed by atoms with Gasteiger partial charge in [-0.3, -0.25) is 9.69 Å². The van der Waals surface area contributed by atoms with Gasteiger partial charge in [-0.05, 0) is 31.0 Å². The maximum absolute atomic E-state index is 12.0. The number of nitrogens with one attached hydrogen (secondary N) is 2. The number of primary sulfonamides is 1. The van der Waals surface area contributed by atoms with Gasteiger partial charge < -0.3 is 15.4 Å². The zero-order valence-electron chi connectivity index (χ0n) is 14.8. The normalized spacial score (nSPS) is 16.1. The fourth-order valence-electron chi connectivity index (χ4n) is 2.84. The van der Waals surface area contributed by atoms with Gasteiger partial charge in [-0.25, -0.2) is 18.4 Å². The number of carbonyl (C=O) groups is 2. The Bertz CT molecular complexity index is 773. The van der Waals surface area contributed by atoms with Crippen LogP contribution in [0, 0.1) is 0 Å². The van der Waals surface area contributed by atoms with E-state index in [1.807, 2.05) is 0 Å². The lowest BCUT2D eigenvalue weighted by molar-refractivity contribution is -0.122. The number of ether oxygens (including phenoxy) is 1. The van der Waals surface area contributed by atoms with Crippen molar-refractivity contribution in [1.82, 2.24) is 10.2 Å². The fraction of sp³-hybridized carbons (Fsp3) is 0.500. The Hall–Kier alpha value is -2.17. The second-order valence-corrected chi connectivity index (χ2v) is 7.67. The molecule has 0 aliphatic carbocycles. The number of methoxy groups -OCH3 is 1. The minimum Gasteiger partial charge on any atom is -0.465 e. The van der Waals surface area contributed by atoms with Gasteiger partial charge in [0.15, 0.2) is 0 Å². The van der Waals surface area contributed by atoms with Crippen LogP contribution in [0.15, 0.2) is 23.1 Å². The number of nitrogens with two attached hydrogens (primary N) is 1. The lowest BCUT2D eigenvalue weighted by atomic mass is 10.0. The molecule has 1 aliphatic heterocycles. The third-order valence-electron chi connectivity index (χ3n) is 4.32. The molecular weight excluding hydrogens is 360 g/mol. The molecule has 0 bridgehead atoms. The van der Waals surface area contributed by atoms with Crippen LogP contribution in [0.5, 0.6) is 0 Å². The van der Waals surface area contributed by atoms with Crippen LogP contribution in [0.2, 0.25) is 0 Å². The summed E-state index contributed by atoms with van der Waals surface area (Å²) in [4.78, 5) is 25.4. The monoisotopic (exact) mass is 384 g/mol. The Morgan fingerprint density at radius 1 is 1.31 bits per heavy atom. The Labute approximate surface area is 152 Å². The summed E-state index contributed by atoms with van der Waals surface area (Å²) >= 11 is 0.